The first-order valence-corrected chi connectivity index (χ1v) is 8.88. The SMILES string of the molecule is C=CCCCN(C)C(=NC)NCc1cccnc1OCc1ccccc1.I. The van der Waals surface area contributed by atoms with Crippen molar-refractivity contribution in [3.63, 3.8) is 0 Å². The number of hydrogen-bond acceptors (Lipinski definition) is 3. The van der Waals surface area contributed by atoms with Gasteiger partial charge in [0.05, 0.1) is 0 Å². The van der Waals surface area contributed by atoms with Crippen LogP contribution in [0.3, 0.4) is 0 Å². The van der Waals surface area contributed by atoms with Crippen LogP contribution in [0.15, 0.2) is 66.3 Å². The molecule has 1 aromatic carbocycles. The Morgan fingerprint density at radius 3 is 2.74 bits per heavy atom. The average molecular weight is 480 g/mol. The van der Waals surface area contributed by atoms with Crippen LogP contribution in [-0.4, -0.2) is 36.5 Å². The Morgan fingerprint density at radius 1 is 1.26 bits per heavy atom. The first kappa shape index (κ1) is 23.0. The molecular formula is C21H29IN4O. The topological polar surface area (TPSA) is 49.8 Å². The maximum atomic E-state index is 5.91. The number of aliphatic imine (C=N–C) groups is 1. The number of benzene rings is 1. The Labute approximate surface area is 179 Å². The van der Waals surface area contributed by atoms with Gasteiger partial charge in [-0.3, -0.25) is 4.99 Å². The monoisotopic (exact) mass is 480 g/mol. The minimum atomic E-state index is 0. The highest BCUT2D eigenvalue weighted by atomic mass is 127. The highest BCUT2D eigenvalue weighted by Gasteiger charge is 2.09. The number of halogens is 1. The molecule has 27 heavy (non-hydrogen) atoms. The molecule has 0 bridgehead atoms. The zero-order valence-electron chi connectivity index (χ0n) is 16.1. The number of rotatable bonds is 9. The number of nitrogens with one attached hydrogen (secondary N) is 1. The average Bonchev–Trinajstić information content (AvgIpc) is 2.68. The third-order valence-electron chi connectivity index (χ3n) is 3.98. The second kappa shape index (κ2) is 13.1. The van der Waals surface area contributed by atoms with Crippen molar-refractivity contribution in [3.8, 4) is 5.88 Å². The number of ether oxygens (including phenoxy) is 1. The number of allylic oxidation sites excluding steroid dienone is 1. The van der Waals surface area contributed by atoms with Crippen LogP contribution in [-0.2, 0) is 13.2 Å². The van der Waals surface area contributed by atoms with E-state index in [0.717, 1.165) is 36.5 Å². The fraction of sp³-hybridized carbons (Fsp3) is 0.333. The molecule has 0 saturated carbocycles. The van der Waals surface area contributed by atoms with E-state index >= 15 is 0 Å². The van der Waals surface area contributed by atoms with Gasteiger partial charge in [-0.25, -0.2) is 4.98 Å². The Hall–Kier alpha value is -2.09. The summed E-state index contributed by atoms with van der Waals surface area (Å²) in [7, 11) is 3.83. The predicted molar refractivity (Wildman–Crippen MR) is 123 cm³/mol. The van der Waals surface area contributed by atoms with Crippen LogP contribution in [0.2, 0.25) is 0 Å². The zero-order valence-corrected chi connectivity index (χ0v) is 18.4. The van der Waals surface area contributed by atoms with Crippen LogP contribution in [0.4, 0.5) is 0 Å². The van der Waals surface area contributed by atoms with Crippen molar-refractivity contribution < 1.29 is 4.74 Å². The van der Waals surface area contributed by atoms with Crippen LogP contribution in [0.1, 0.15) is 24.0 Å². The van der Waals surface area contributed by atoms with Crippen molar-refractivity contribution >= 4 is 29.9 Å². The normalized spacial score (nSPS) is 10.7. The van der Waals surface area contributed by atoms with Crippen LogP contribution < -0.4 is 10.1 Å². The summed E-state index contributed by atoms with van der Waals surface area (Å²) in [5, 5.41) is 3.38. The Balaban J connectivity index is 0.00000364. The standard InChI is InChI=1S/C21H28N4O.HI/c1-4-5-9-15-25(3)21(22-2)24-16-19-13-10-14-23-20(19)26-17-18-11-7-6-8-12-18;/h4,6-8,10-14H,1,5,9,15-17H2,2-3H3,(H,22,24);1H. The number of guanidine groups is 1. The number of unbranched alkanes of at least 4 members (excludes halogenated alkanes) is 1. The lowest BCUT2D eigenvalue weighted by atomic mass is 10.2. The largest absolute Gasteiger partial charge is 0.473 e. The van der Waals surface area contributed by atoms with E-state index in [1.54, 1.807) is 13.2 Å². The van der Waals surface area contributed by atoms with Crippen molar-refractivity contribution in [2.24, 2.45) is 4.99 Å². The van der Waals surface area contributed by atoms with Crippen LogP contribution in [0.5, 0.6) is 5.88 Å². The van der Waals surface area contributed by atoms with Gasteiger partial charge in [0.25, 0.3) is 0 Å². The molecule has 0 aliphatic carbocycles. The van der Waals surface area contributed by atoms with E-state index in [4.69, 9.17) is 4.74 Å². The van der Waals surface area contributed by atoms with Crippen molar-refractivity contribution in [1.29, 1.82) is 0 Å². The van der Waals surface area contributed by atoms with Crippen LogP contribution in [0.25, 0.3) is 0 Å². The molecule has 0 spiro atoms. The van der Waals surface area contributed by atoms with Gasteiger partial charge < -0.3 is 15.0 Å². The molecule has 0 aliphatic rings. The Kier molecular flexibility index (Phi) is 11.2. The van der Waals surface area contributed by atoms with Crippen molar-refractivity contribution in [2.45, 2.75) is 26.0 Å². The molecule has 0 fully saturated rings. The van der Waals surface area contributed by atoms with Gasteiger partial charge in [-0.15, -0.1) is 30.6 Å². The minimum Gasteiger partial charge on any atom is -0.473 e. The fourth-order valence-corrected chi connectivity index (χ4v) is 2.55. The van der Waals surface area contributed by atoms with Gasteiger partial charge >= 0.3 is 0 Å². The number of nitrogens with zero attached hydrogens (tertiary/aromatic N) is 3. The fourth-order valence-electron chi connectivity index (χ4n) is 2.55. The lowest BCUT2D eigenvalue weighted by Crippen LogP contribution is -2.39. The highest BCUT2D eigenvalue weighted by molar-refractivity contribution is 14.0. The first-order valence-electron chi connectivity index (χ1n) is 8.88. The Morgan fingerprint density at radius 2 is 2.04 bits per heavy atom. The molecule has 0 unspecified atom stereocenters. The molecule has 1 heterocycles. The van der Waals surface area contributed by atoms with E-state index in [-0.39, 0.29) is 24.0 Å². The quantitative estimate of drug-likeness (QED) is 0.192. The van der Waals surface area contributed by atoms with Gasteiger partial charge in [0, 0.05) is 38.9 Å². The lowest BCUT2D eigenvalue weighted by Gasteiger charge is -2.22. The Bertz CT molecular complexity index is 706. The molecule has 5 nitrogen and oxygen atoms in total. The highest BCUT2D eigenvalue weighted by Crippen LogP contribution is 2.16. The molecule has 1 aromatic heterocycles. The van der Waals surface area contributed by atoms with Crippen molar-refractivity contribution in [3.05, 3.63) is 72.4 Å². The summed E-state index contributed by atoms with van der Waals surface area (Å²) >= 11 is 0. The minimum absolute atomic E-state index is 0. The van der Waals surface area contributed by atoms with E-state index in [1.165, 1.54) is 0 Å². The van der Waals surface area contributed by atoms with E-state index < -0.39 is 0 Å². The first-order chi connectivity index (χ1) is 12.7. The maximum Gasteiger partial charge on any atom is 0.218 e. The van der Waals surface area contributed by atoms with Gasteiger partial charge in [-0.1, -0.05) is 42.5 Å². The van der Waals surface area contributed by atoms with Crippen molar-refractivity contribution in [1.82, 2.24) is 15.2 Å². The summed E-state index contributed by atoms with van der Waals surface area (Å²) < 4.78 is 5.91. The molecule has 0 radical (unpaired) electrons. The molecule has 6 heteroatoms. The third-order valence-corrected chi connectivity index (χ3v) is 3.98. The van der Waals surface area contributed by atoms with Gasteiger partial charge in [0.2, 0.25) is 5.88 Å². The summed E-state index contributed by atoms with van der Waals surface area (Å²) in [5.41, 5.74) is 2.12. The van der Waals surface area contributed by atoms with Crippen molar-refractivity contribution in [2.75, 3.05) is 20.6 Å². The number of pyridine rings is 1. The van der Waals surface area contributed by atoms with E-state index in [0.29, 0.717) is 19.0 Å². The second-order valence-corrected chi connectivity index (χ2v) is 6.00. The summed E-state index contributed by atoms with van der Waals surface area (Å²) in [5.74, 6) is 1.50. The third kappa shape index (κ3) is 7.99. The molecule has 146 valence electrons. The van der Waals surface area contributed by atoms with Gasteiger partial charge in [0.1, 0.15) is 6.61 Å². The smallest absolute Gasteiger partial charge is 0.218 e. The molecule has 0 aliphatic heterocycles. The molecular weight excluding hydrogens is 451 g/mol. The zero-order chi connectivity index (χ0) is 18.6. The number of hydrogen-bond donors (Lipinski definition) is 1. The van der Waals surface area contributed by atoms with Gasteiger partial charge in [0.15, 0.2) is 5.96 Å². The second-order valence-electron chi connectivity index (χ2n) is 6.00. The van der Waals surface area contributed by atoms with Crippen LogP contribution >= 0.6 is 24.0 Å². The molecule has 1 N–H and O–H groups in total. The molecule has 0 atom stereocenters. The predicted octanol–water partition coefficient (Wildman–Crippen LogP) is 4.25. The maximum absolute atomic E-state index is 5.91. The van der Waals surface area contributed by atoms with E-state index in [2.05, 4.69) is 26.8 Å². The summed E-state index contributed by atoms with van der Waals surface area (Å²) in [4.78, 5) is 10.8. The molecule has 0 saturated heterocycles. The lowest BCUT2D eigenvalue weighted by molar-refractivity contribution is 0.290. The molecule has 2 aromatic rings. The summed E-state index contributed by atoms with van der Waals surface area (Å²) in [6.45, 7) is 5.80. The van der Waals surface area contributed by atoms with E-state index in [1.807, 2.05) is 55.6 Å². The number of aromatic nitrogens is 1. The summed E-state index contributed by atoms with van der Waals surface area (Å²) in [6.07, 6.45) is 5.75. The molecule has 0 amide bonds. The van der Waals surface area contributed by atoms with Crippen LogP contribution in [0, 0.1) is 0 Å². The van der Waals surface area contributed by atoms with Gasteiger partial charge in [-0.05, 0) is 24.5 Å². The summed E-state index contributed by atoms with van der Waals surface area (Å²) in [6, 6.07) is 14.0. The molecule has 2 rings (SSSR count). The van der Waals surface area contributed by atoms with Gasteiger partial charge in [-0.2, -0.15) is 0 Å². The van der Waals surface area contributed by atoms with E-state index in [9.17, 15) is 0 Å².